The lowest BCUT2D eigenvalue weighted by atomic mass is 10.0. The summed E-state index contributed by atoms with van der Waals surface area (Å²) in [5.41, 5.74) is 6.04. The van der Waals surface area contributed by atoms with Crippen molar-refractivity contribution in [3.05, 3.63) is 0 Å². The van der Waals surface area contributed by atoms with Gasteiger partial charge < -0.3 is 30.8 Å². The molecule has 150 valence electrons. The van der Waals surface area contributed by atoms with E-state index in [9.17, 15) is 9.59 Å². The summed E-state index contributed by atoms with van der Waals surface area (Å²) in [6.07, 6.45) is 4.73. The molecule has 1 saturated heterocycles. The molecule has 0 aromatic heterocycles. The number of amides is 1. The third kappa shape index (κ3) is 7.29. The monoisotopic (exact) mass is 369 g/mol. The molecule has 2 unspecified atom stereocenters. The summed E-state index contributed by atoms with van der Waals surface area (Å²) < 4.78 is 6.10. The second kappa shape index (κ2) is 11.9. The van der Waals surface area contributed by atoms with Crippen LogP contribution in [0.1, 0.15) is 52.4 Å². The highest BCUT2D eigenvalue weighted by molar-refractivity contribution is 5.82. The molecule has 0 spiro atoms. The molecule has 26 heavy (non-hydrogen) atoms. The molecule has 0 aromatic carbocycles. The van der Waals surface area contributed by atoms with Gasteiger partial charge in [0.25, 0.3) is 0 Å². The van der Waals surface area contributed by atoms with Crippen LogP contribution >= 0.6 is 0 Å². The highest BCUT2D eigenvalue weighted by Crippen LogP contribution is 2.19. The number of likely N-dealkylation sites (N-methyl/N-ethyl adjacent to an activating group) is 1. The summed E-state index contributed by atoms with van der Waals surface area (Å²) in [6.45, 7) is 4.75. The molecule has 1 aliphatic rings. The first-order chi connectivity index (χ1) is 12.4. The molecule has 1 amide bonds. The molecule has 3 atom stereocenters. The second-order valence-electron chi connectivity index (χ2n) is 6.82. The molecular weight excluding hydrogens is 334 g/mol. The van der Waals surface area contributed by atoms with E-state index in [2.05, 4.69) is 15.6 Å². The van der Waals surface area contributed by atoms with Crippen molar-refractivity contribution >= 4 is 17.6 Å². The van der Waals surface area contributed by atoms with Gasteiger partial charge in [-0.2, -0.15) is 0 Å². The maximum absolute atomic E-state index is 12.3. The molecule has 8 nitrogen and oxygen atoms in total. The van der Waals surface area contributed by atoms with Crippen molar-refractivity contribution in [2.75, 3.05) is 27.2 Å². The average Bonchev–Trinajstić information content (AvgIpc) is 2.63. The van der Waals surface area contributed by atoms with Gasteiger partial charge in [-0.1, -0.05) is 6.42 Å². The van der Waals surface area contributed by atoms with Crippen molar-refractivity contribution in [3.8, 4) is 0 Å². The molecule has 1 heterocycles. The van der Waals surface area contributed by atoms with Gasteiger partial charge in [-0.25, -0.2) is 0 Å². The smallest absolute Gasteiger partial charge is 0.237 e. The van der Waals surface area contributed by atoms with Crippen molar-refractivity contribution in [3.63, 3.8) is 0 Å². The number of Topliss-reactive ketones (excluding diaryl/α,β-unsaturated/α-hetero) is 1. The number of carbonyl (C=O) groups excluding carboxylic acids is 2. The predicted octanol–water partition coefficient (Wildman–Crippen LogP) is 0.612. The number of nitrogens with two attached hydrogens (primary N) is 1. The molecule has 0 aliphatic carbocycles. The van der Waals surface area contributed by atoms with Crippen LogP contribution in [0, 0.1) is 0 Å². The first kappa shape index (κ1) is 22.4. The summed E-state index contributed by atoms with van der Waals surface area (Å²) in [6, 6.07) is -0.403. The van der Waals surface area contributed by atoms with Crippen LogP contribution in [0.3, 0.4) is 0 Å². The van der Waals surface area contributed by atoms with Crippen LogP contribution in [0.2, 0.25) is 0 Å². The Labute approximate surface area is 156 Å². The summed E-state index contributed by atoms with van der Waals surface area (Å²) in [7, 11) is 3.41. The van der Waals surface area contributed by atoms with E-state index in [-0.39, 0.29) is 30.0 Å². The molecule has 4 N–H and O–H groups in total. The number of ketones is 1. The summed E-state index contributed by atoms with van der Waals surface area (Å²) in [5.74, 6) is 0.589. The number of unbranched alkanes of at least 4 members (excludes halogenated alkanes) is 2. The second-order valence-corrected chi connectivity index (χ2v) is 6.82. The van der Waals surface area contributed by atoms with Gasteiger partial charge >= 0.3 is 0 Å². The Kier molecular flexibility index (Phi) is 10.2. The SMILES string of the molecule is CN=C(N)N1CCCC(NC(=O)[C@H](C)NC)C1OCCCCCC(C)=O. The van der Waals surface area contributed by atoms with Crippen molar-refractivity contribution in [2.24, 2.45) is 10.7 Å². The minimum absolute atomic E-state index is 0.0542. The molecule has 8 heteroatoms. The molecule has 1 aliphatic heterocycles. The summed E-state index contributed by atoms with van der Waals surface area (Å²) in [5, 5.41) is 6.02. The summed E-state index contributed by atoms with van der Waals surface area (Å²) in [4.78, 5) is 29.3. The zero-order chi connectivity index (χ0) is 19.5. The van der Waals surface area contributed by atoms with Crippen LogP contribution in [0.25, 0.3) is 0 Å². The molecule has 0 radical (unpaired) electrons. The maximum atomic E-state index is 12.3. The average molecular weight is 370 g/mol. The number of hydrogen-bond acceptors (Lipinski definition) is 5. The van der Waals surface area contributed by atoms with E-state index in [1.54, 1.807) is 21.0 Å². The maximum Gasteiger partial charge on any atom is 0.237 e. The number of hydrogen-bond donors (Lipinski definition) is 3. The van der Waals surface area contributed by atoms with Crippen LogP contribution in [0.15, 0.2) is 4.99 Å². The number of nitrogens with zero attached hydrogens (tertiary/aromatic N) is 2. The predicted molar refractivity (Wildman–Crippen MR) is 103 cm³/mol. The van der Waals surface area contributed by atoms with E-state index in [1.807, 2.05) is 11.8 Å². The van der Waals surface area contributed by atoms with Crippen molar-refractivity contribution in [2.45, 2.75) is 70.7 Å². The minimum atomic E-state index is -0.326. The number of ether oxygens (including phenoxy) is 1. The third-order valence-corrected chi connectivity index (χ3v) is 4.70. The lowest BCUT2D eigenvalue weighted by Gasteiger charge is -2.42. The van der Waals surface area contributed by atoms with Crippen LogP contribution < -0.4 is 16.4 Å². The van der Waals surface area contributed by atoms with Gasteiger partial charge in [-0.05, 0) is 46.6 Å². The Morgan fingerprint density at radius 3 is 2.69 bits per heavy atom. The Balaban J connectivity index is 2.64. The Morgan fingerprint density at radius 1 is 1.35 bits per heavy atom. The first-order valence-corrected chi connectivity index (χ1v) is 9.48. The number of piperidine rings is 1. The number of guanidine groups is 1. The number of likely N-dealkylation sites (tertiary alicyclic amines) is 1. The first-order valence-electron chi connectivity index (χ1n) is 9.48. The molecule has 0 bridgehead atoms. The number of aliphatic imine (C=N–C) groups is 1. The van der Waals surface area contributed by atoms with Gasteiger partial charge in [0.15, 0.2) is 12.2 Å². The van der Waals surface area contributed by atoms with E-state index >= 15 is 0 Å². The zero-order valence-electron chi connectivity index (χ0n) is 16.6. The Bertz CT molecular complexity index is 483. The fourth-order valence-electron chi connectivity index (χ4n) is 2.99. The van der Waals surface area contributed by atoms with Gasteiger partial charge in [-0.3, -0.25) is 9.79 Å². The molecule has 1 rings (SSSR count). The topological polar surface area (TPSA) is 109 Å². The zero-order valence-corrected chi connectivity index (χ0v) is 16.6. The van der Waals surface area contributed by atoms with Crippen LogP contribution in [-0.2, 0) is 14.3 Å². The van der Waals surface area contributed by atoms with Crippen molar-refractivity contribution in [1.82, 2.24) is 15.5 Å². The van der Waals surface area contributed by atoms with E-state index in [0.717, 1.165) is 38.6 Å². The van der Waals surface area contributed by atoms with Crippen molar-refractivity contribution < 1.29 is 14.3 Å². The van der Waals surface area contributed by atoms with E-state index in [1.165, 1.54) is 0 Å². The number of carbonyl (C=O) groups is 2. The van der Waals surface area contributed by atoms with Crippen LogP contribution in [-0.4, -0.2) is 68.1 Å². The van der Waals surface area contributed by atoms with Gasteiger partial charge in [0.1, 0.15) is 5.78 Å². The van der Waals surface area contributed by atoms with Gasteiger partial charge in [0, 0.05) is 26.6 Å². The van der Waals surface area contributed by atoms with Gasteiger partial charge in [-0.15, -0.1) is 0 Å². The highest BCUT2D eigenvalue weighted by atomic mass is 16.5. The highest BCUT2D eigenvalue weighted by Gasteiger charge is 2.34. The standard InChI is InChI=1S/C18H35N5O3/c1-13(24)9-6-5-7-12-26-17-15(22-16(25)14(2)20-3)10-8-11-23(17)18(19)21-4/h14-15,17,20H,5-12H2,1-4H3,(H2,19,21)(H,22,25)/t14-,15?,17?/m0/s1. The van der Waals surface area contributed by atoms with Gasteiger partial charge in [0.05, 0.1) is 12.1 Å². The number of rotatable bonds is 10. The fraction of sp³-hybridized carbons (Fsp3) is 0.833. The van der Waals surface area contributed by atoms with Crippen molar-refractivity contribution in [1.29, 1.82) is 0 Å². The lowest BCUT2D eigenvalue weighted by Crippen LogP contribution is -2.61. The molecule has 1 fully saturated rings. The molecular formula is C18H35N5O3. The Hall–Kier alpha value is -1.67. The molecule has 0 aromatic rings. The van der Waals surface area contributed by atoms with E-state index in [0.29, 0.717) is 19.0 Å². The van der Waals surface area contributed by atoms with Gasteiger partial charge in [0.2, 0.25) is 5.91 Å². The van der Waals surface area contributed by atoms with E-state index < -0.39 is 0 Å². The molecule has 0 saturated carbocycles. The largest absolute Gasteiger partial charge is 0.370 e. The minimum Gasteiger partial charge on any atom is -0.370 e. The normalized spacial score (nSPS) is 22.2. The van der Waals surface area contributed by atoms with Crippen LogP contribution in [0.4, 0.5) is 0 Å². The quantitative estimate of drug-likeness (QED) is 0.296. The number of nitrogens with one attached hydrogen (secondary N) is 2. The lowest BCUT2D eigenvalue weighted by molar-refractivity contribution is -0.128. The van der Waals surface area contributed by atoms with E-state index in [4.69, 9.17) is 10.5 Å². The summed E-state index contributed by atoms with van der Waals surface area (Å²) >= 11 is 0. The fourth-order valence-corrected chi connectivity index (χ4v) is 2.99. The Morgan fingerprint density at radius 2 is 2.08 bits per heavy atom. The third-order valence-electron chi connectivity index (χ3n) is 4.70. The van der Waals surface area contributed by atoms with Crippen LogP contribution in [0.5, 0.6) is 0 Å².